The molecule has 0 radical (unpaired) electrons. The molecule has 2 rings (SSSR count). The maximum Gasteiger partial charge on any atom is 0.243 e. The molecule has 0 heterocycles. The number of sulfonamides is 1. The highest BCUT2D eigenvalue weighted by Gasteiger charge is 2.25. The van der Waals surface area contributed by atoms with Gasteiger partial charge >= 0.3 is 0 Å². The minimum Gasteiger partial charge on any atom is -0.549 e. The SMILES string of the molecule is CCOc1ccc(S(=O)(=O)N(CC(=O)[O-])Cc2ccccc2)cc1C. The molecule has 0 aromatic heterocycles. The molecule has 25 heavy (non-hydrogen) atoms. The highest BCUT2D eigenvalue weighted by atomic mass is 32.2. The van der Waals surface area contributed by atoms with Gasteiger partial charge in [0.05, 0.1) is 24.0 Å². The third-order valence-electron chi connectivity index (χ3n) is 3.59. The molecule has 0 N–H and O–H groups in total. The fourth-order valence-electron chi connectivity index (χ4n) is 2.41. The molecule has 0 saturated heterocycles. The lowest BCUT2D eigenvalue weighted by molar-refractivity contribution is -0.305. The fraction of sp³-hybridized carbons (Fsp3) is 0.278. The number of aryl methyl sites for hydroxylation is 1. The van der Waals surface area contributed by atoms with Gasteiger partial charge in [0, 0.05) is 6.54 Å². The maximum absolute atomic E-state index is 12.9. The van der Waals surface area contributed by atoms with Crippen LogP contribution in [0.1, 0.15) is 18.1 Å². The maximum atomic E-state index is 12.9. The molecule has 0 atom stereocenters. The van der Waals surface area contributed by atoms with Gasteiger partial charge < -0.3 is 14.6 Å². The lowest BCUT2D eigenvalue weighted by Gasteiger charge is -2.23. The van der Waals surface area contributed by atoms with Gasteiger partial charge in [0.1, 0.15) is 5.75 Å². The lowest BCUT2D eigenvalue weighted by atomic mass is 10.2. The van der Waals surface area contributed by atoms with Crippen molar-refractivity contribution in [1.29, 1.82) is 0 Å². The van der Waals surface area contributed by atoms with Crippen molar-refractivity contribution in [1.82, 2.24) is 4.31 Å². The largest absolute Gasteiger partial charge is 0.549 e. The van der Waals surface area contributed by atoms with E-state index >= 15 is 0 Å². The van der Waals surface area contributed by atoms with Crippen molar-refractivity contribution in [2.24, 2.45) is 0 Å². The predicted molar refractivity (Wildman–Crippen MR) is 91.4 cm³/mol. The van der Waals surface area contributed by atoms with Gasteiger partial charge in [-0.1, -0.05) is 30.3 Å². The van der Waals surface area contributed by atoms with Crippen LogP contribution < -0.4 is 9.84 Å². The first-order valence-corrected chi connectivity index (χ1v) is 9.26. The van der Waals surface area contributed by atoms with Crippen LogP contribution in [0.2, 0.25) is 0 Å². The van der Waals surface area contributed by atoms with Crippen LogP contribution in [0.4, 0.5) is 0 Å². The van der Waals surface area contributed by atoms with E-state index in [4.69, 9.17) is 4.74 Å². The molecule has 0 fully saturated rings. The zero-order valence-corrected chi connectivity index (χ0v) is 15.0. The summed E-state index contributed by atoms with van der Waals surface area (Å²) in [5.74, 6) is -0.863. The molecule has 6 nitrogen and oxygen atoms in total. The highest BCUT2D eigenvalue weighted by molar-refractivity contribution is 7.89. The molecular formula is C18H20NO5S-. The number of carbonyl (C=O) groups excluding carboxylic acids is 1. The average molecular weight is 362 g/mol. The number of carboxylic acids is 1. The Morgan fingerprint density at radius 3 is 2.40 bits per heavy atom. The van der Waals surface area contributed by atoms with Crippen LogP contribution >= 0.6 is 0 Å². The molecule has 0 aliphatic heterocycles. The molecule has 0 bridgehead atoms. The molecule has 0 saturated carbocycles. The predicted octanol–water partition coefficient (Wildman–Crippen LogP) is 1.33. The lowest BCUT2D eigenvalue weighted by Crippen LogP contribution is -2.41. The van der Waals surface area contributed by atoms with Crippen molar-refractivity contribution < 1.29 is 23.1 Å². The average Bonchev–Trinajstić information content (AvgIpc) is 2.56. The Labute approximate surface area is 147 Å². The Morgan fingerprint density at radius 1 is 1.16 bits per heavy atom. The van der Waals surface area contributed by atoms with Gasteiger partial charge in [-0.25, -0.2) is 8.42 Å². The molecule has 2 aromatic carbocycles. The fourth-order valence-corrected chi connectivity index (χ4v) is 3.86. The summed E-state index contributed by atoms with van der Waals surface area (Å²) in [7, 11) is -3.99. The van der Waals surface area contributed by atoms with Crippen molar-refractivity contribution in [3.05, 3.63) is 59.7 Å². The van der Waals surface area contributed by atoms with Crippen molar-refractivity contribution in [3.63, 3.8) is 0 Å². The van der Waals surface area contributed by atoms with Crippen LogP contribution in [0.25, 0.3) is 0 Å². The summed E-state index contributed by atoms with van der Waals surface area (Å²) in [6.07, 6.45) is 0. The standard InChI is InChI=1S/C18H21NO5S/c1-3-24-17-10-9-16(11-14(17)2)25(22,23)19(13-18(20)21)12-15-7-5-4-6-8-15/h4-11H,3,12-13H2,1-2H3,(H,20,21)/p-1. The molecule has 7 heteroatoms. The van der Waals surface area contributed by atoms with Crippen molar-refractivity contribution in [2.75, 3.05) is 13.2 Å². The summed E-state index contributed by atoms with van der Waals surface area (Å²) in [5, 5.41) is 11.0. The molecule has 0 unspecified atom stereocenters. The normalized spacial score (nSPS) is 11.5. The minimum absolute atomic E-state index is 0.0191. The second kappa shape index (κ2) is 8.13. The summed E-state index contributed by atoms with van der Waals surface area (Å²) in [5.41, 5.74) is 1.35. The van der Waals surface area contributed by atoms with Crippen LogP contribution in [0, 0.1) is 6.92 Å². The van der Waals surface area contributed by atoms with Crippen LogP contribution in [0.3, 0.4) is 0 Å². The van der Waals surface area contributed by atoms with E-state index in [0.29, 0.717) is 23.5 Å². The monoisotopic (exact) mass is 362 g/mol. The Bertz CT molecular complexity index is 834. The molecule has 0 amide bonds. The van der Waals surface area contributed by atoms with Crippen molar-refractivity contribution in [3.8, 4) is 5.75 Å². The van der Waals surface area contributed by atoms with Crippen LogP contribution in [0.5, 0.6) is 5.75 Å². The summed E-state index contributed by atoms with van der Waals surface area (Å²) < 4.78 is 32.1. The van der Waals surface area contributed by atoms with E-state index in [2.05, 4.69) is 0 Å². The Balaban J connectivity index is 2.37. The number of carbonyl (C=O) groups is 1. The Morgan fingerprint density at radius 2 is 1.84 bits per heavy atom. The van der Waals surface area contributed by atoms with Gasteiger partial charge in [0.25, 0.3) is 0 Å². The third kappa shape index (κ3) is 4.80. The number of rotatable bonds is 8. The van der Waals surface area contributed by atoms with E-state index in [9.17, 15) is 18.3 Å². The van der Waals surface area contributed by atoms with E-state index in [1.807, 2.05) is 6.92 Å². The van der Waals surface area contributed by atoms with Gasteiger partial charge in [-0.05, 0) is 43.2 Å². The van der Waals surface area contributed by atoms with Crippen LogP contribution in [-0.2, 0) is 21.4 Å². The summed E-state index contributed by atoms with van der Waals surface area (Å²) in [6.45, 7) is 3.28. The zero-order chi connectivity index (χ0) is 18.4. The van der Waals surface area contributed by atoms with E-state index in [0.717, 1.165) is 4.31 Å². The van der Waals surface area contributed by atoms with Crippen molar-refractivity contribution in [2.45, 2.75) is 25.3 Å². The number of benzene rings is 2. The molecule has 134 valence electrons. The van der Waals surface area contributed by atoms with Gasteiger partial charge in [-0.3, -0.25) is 0 Å². The number of ether oxygens (including phenoxy) is 1. The molecule has 2 aromatic rings. The van der Waals surface area contributed by atoms with Crippen LogP contribution in [-0.4, -0.2) is 31.8 Å². The van der Waals surface area contributed by atoms with E-state index in [1.165, 1.54) is 12.1 Å². The number of carboxylic acid groups (broad SMARTS) is 1. The minimum atomic E-state index is -3.99. The van der Waals surface area contributed by atoms with E-state index < -0.39 is 22.5 Å². The van der Waals surface area contributed by atoms with Gasteiger partial charge in [-0.15, -0.1) is 0 Å². The molecule has 0 aliphatic carbocycles. The second-order valence-corrected chi connectivity index (χ2v) is 7.43. The summed E-state index contributed by atoms with van der Waals surface area (Å²) >= 11 is 0. The molecular weight excluding hydrogens is 342 g/mol. The quantitative estimate of drug-likeness (QED) is 0.707. The van der Waals surface area contributed by atoms with E-state index in [-0.39, 0.29) is 11.4 Å². The second-order valence-electron chi connectivity index (χ2n) is 5.49. The summed E-state index contributed by atoms with van der Waals surface area (Å²) in [6, 6.07) is 13.3. The van der Waals surface area contributed by atoms with Gasteiger partial charge in [-0.2, -0.15) is 4.31 Å². The Kier molecular flexibility index (Phi) is 6.17. The smallest absolute Gasteiger partial charge is 0.243 e. The molecule has 0 aliphatic rings. The first-order valence-electron chi connectivity index (χ1n) is 7.82. The topological polar surface area (TPSA) is 86.7 Å². The zero-order valence-electron chi connectivity index (χ0n) is 14.1. The number of aliphatic carboxylic acids is 1. The Hall–Kier alpha value is -2.38. The first kappa shape index (κ1) is 19.0. The van der Waals surface area contributed by atoms with Gasteiger partial charge in [0.15, 0.2) is 0 Å². The molecule has 0 spiro atoms. The summed E-state index contributed by atoms with van der Waals surface area (Å²) in [4.78, 5) is 11.1. The number of hydrogen-bond donors (Lipinski definition) is 0. The third-order valence-corrected chi connectivity index (χ3v) is 5.38. The number of nitrogens with zero attached hydrogens (tertiary/aromatic N) is 1. The first-order chi connectivity index (χ1) is 11.8. The van der Waals surface area contributed by atoms with Crippen molar-refractivity contribution >= 4 is 16.0 Å². The van der Waals surface area contributed by atoms with Crippen LogP contribution in [0.15, 0.2) is 53.4 Å². The number of hydrogen-bond acceptors (Lipinski definition) is 5. The van der Waals surface area contributed by atoms with E-state index in [1.54, 1.807) is 43.3 Å². The highest BCUT2D eigenvalue weighted by Crippen LogP contribution is 2.25. The van der Waals surface area contributed by atoms with Gasteiger partial charge in [0.2, 0.25) is 10.0 Å².